The van der Waals surface area contributed by atoms with E-state index in [-0.39, 0.29) is 11.5 Å². The van der Waals surface area contributed by atoms with Crippen LogP contribution in [0.15, 0.2) is 158 Å². The molecule has 2 unspecified atom stereocenters. The van der Waals surface area contributed by atoms with Gasteiger partial charge < -0.3 is 4.90 Å². The Bertz CT molecular complexity index is 2530. The van der Waals surface area contributed by atoms with E-state index in [1.54, 1.807) is 0 Å². The van der Waals surface area contributed by atoms with Crippen LogP contribution in [0.5, 0.6) is 0 Å². The van der Waals surface area contributed by atoms with E-state index in [4.69, 9.17) is 15.0 Å². The van der Waals surface area contributed by atoms with Crippen LogP contribution in [0.2, 0.25) is 0 Å². The van der Waals surface area contributed by atoms with Crippen LogP contribution in [-0.4, -0.2) is 26.9 Å². The lowest BCUT2D eigenvalue weighted by atomic mass is 9.73. The second-order valence-corrected chi connectivity index (χ2v) is 15.0. The number of rotatable bonds is 7. The van der Waals surface area contributed by atoms with Crippen molar-refractivity contribution in [2.45, 2.75) is 50.5 Å². The van der Waals surface area contributed by atoms with Crippen molar-refractivity contribution in [3.05, 3.63) is 190 Å². The number of aromatic nitrogens is 3. The van der Waals surface area contributed by atoms with E-state index in [2.05, 4.69) is 183 Å². The molecule has 4 heteroatoms. The van der Waals surface area contributed by atoms with Crippen molar-refractivity contribution in [3.63, 3.8) is 0 Å². The average molecular weight is 701 g/mol. The highest BCUT2D eigenvalue weighted by molar-refractivity contribution is 5.76. The Morgan fingerprint density at radius 3 is 1.81 bits per heavy atom. The molecule has 2 heterocycles. The minimum absolute atomic E-state index is 0.0707. The van der Waals surface area contributed by atoms with E-state index in [0.29, 0.717) is 17.5 Å². The highest BCUT2D eigenvalue weighted by Gasteiger charge is 2.27. The first kappa shape index (κ1) is 33.7. The van der Waals surface area contributed by atoms with Gasteiger partial charge in [-0.05, 0) is 76.6 Å². The van der Waals surface area contributed by atoms with Gasteiger partial charge in [0.25, 0.3) is 0 Å². The van der Waals surface area contributed by atoms with Crippen LogP contribution >= 0.6 is 0 Å². The van der Waals surface area contributed by atoms with Crippen LogP contribution in [0.4, 0.5) is 0 Å². The molecule has 0 radical (unpaired) electrons. The minimum Gasteiger partial charge on any atom is -0.363 e. The van der Waals surface area contributed by atoms with E-state index in [1.165, 1.54) is 44.0 Å². The highest BCUT2D eigenvalue weighted by Crippen LogP contribution is 2.37. The SMILES string of the molecule is CN1C(c2ccccc2)=c2ccccc2=CC1c1ccc(-c2nc(-c3ccc(C4=CCCC=C4)cc3)nc(-c3ccc(C4(C)CC=CCC4)cc3)n2)cc1. The lowest BCUT2D eigenvalue weighted by Gasteiger charge is -2.33. The number of nitrogens with zero attached hydrogens (tertiary/aromatic N) is 4. The molecule has 1 aliphatic heterocycles. The number of hydrogen-bond acceptors (Lipinski definition) is 4. The van der Waals surface area contributed by atoms with Crippen molar-refractivity contribution < 1.29 is 0 Å². The second kappa shape index (κ2) is 14.4. The van der Waals surface area contributed by atoms with Crippen LogP contribution in [0, 0.1) is 0 Å². The molecule has 2 aliphatic carbocycles. The average Bonchev–Trinajstić information content (AvgIpc) is 3.24. The molecule has 1 aromatic heterocycles. The first-order chi connectivity index (χ1) is 26.5. The topological polar surface area (TPSA) is 41.9 Å². The molecular formula is C50H44N4. The van der Waals surface area contributed by atoms with Crippen LogP contribution in [0.3, 0.4) is 0 Å². The van der Waals surface area contributed by atoms with Gasteiger partial charge >= 0.3 is 0 Å². The molecule has 0 saturated heterocycles. The van der Waals surface area contributed by atoms with Gasteiger partial charge in [0.2, 0.25) is 0 Å². The Kier molecular flexibility index (Phi) is 8.96. The van der Waals surface area contributed by atoms with Crippen molar-refractivity contribution in [2.24, 2.45) is 0 Å². The summed E-state index contributed by atoms with van der Waals surface area (Å²) in [6.45, 7) is 2.37. The standard InChI is InChI=1S/C50H44N4/c1-50(32-12-5-13-33-50)43-30-28-41(29-31-43)49-52-47(39-24-20-36(21-25-39)35-14-6-3-7-15-35)51-48(53-49)40-26-22-37(23-27-40)45-34-42-18-10-11-19-44(42)46(54(45)2)38-16-8-4-9-17-38/h4-6,8-12,14-31,34,45H,3,7,13,32-33H2,1-2H3. The predicted octanol–water partition coefficient (Wildman–Crippen LogP) is 10.2. The Hall–Kier alpha value is -6.13. The van der Waals surface area contributed by atoms with Crippen LogP contribution in [-0.2, 0) is 5.41 Å². The third-order valence-corrected chi connectivity index (χ3v) is 11.4. The van der Waals surface area contributed by atoms with Gasteiger partial charge in [0.05, 0.1) is 11.7 Å². The third kappa shape index (κ3) is 6.54. The lowest BCUT2D eigenvalue weighted by Crippen LogP contribution is -2.40. The number of benzene rings is 5. The molecule has 3 aliphatic rings. The summed E-state index contributed by atoms with van der Waals surface area (Å²) in [7, 11) is 2.20. The van der Waals surface area contributed by atoms with Gasteiger partial charge in [-0.15, -0.1) is 0 Å². The molecule has 9 rings (SSSR count). The van der Waals surface area contributed by atoms with Crippen LogP contribution in [0.1, 0.15) is 67.3 Å². The van der Waals surface area contributed by atoms with Crippen LogP contribution < -0.4 is 10.4 Å². The van der Waals surface area contributed by atoms with E-state index < -0.39 is 0 Å². The lowest BCUT2D eigenvalue weighted by molar-refractivity contribution is 0.426. The fourth-order valence-corrected chi connectivity index (χ4v) is 8.22. The van der Waals surface area contributed by atoms with Gasteiger partial charge in [-0.3, -0.25) is 0 Å². The molecule has 0 fully saturated rings. The molecule has 264 valence electrons. The van der Waals surface area contributed by atoms with Gasteiger partial charge in [0, 0.05) is 29.0 Å². The number of hydrogen-bond donors (Lipinski definition) is 0. The number of allylic oxidation sites excluding steroid dienone is 6. The molecule has 0 N–H and O–H groups in total. The zero-order chi connectivity index (χ0) is 36.5. The molecule has 0 spiro atoms. The molecule has 4 nitrogen and oxygen atoms in total. The Balaban J connectivity index is 1.08. The Labute approximate surface area is 318 Å². The first-order valence-electron chi connectivity index (χ1n) is 19.2. The maximum atomic E-state index is 5.11. The second-order valence-electron chi connectivity index (χ2n) is 15.0. The largest absolute Gasteiger partial charge is 0.363 e. The summed E-state index contributed by atoms with van der Waals surface area (Å²) in [6, 6.07) is 45.8. The van der Waals surface area contributed by atoms with Crippen LogP contribution in [0.25, 0.3) is 51.5 Å². The van der Waals surface area contributed by atoms with Gasteiger partial charge in [-0.1, -0.05) is 165 Å². The van der Waals surface area contributed by atoms with Crippen molar-refractivity contribution in [1.82, 2.24) is 19.9 Å². The summed E-state index contributed by atoms with van der Waals surface area (Å²) in [5, 5.41) is 2.50. The van der Waals surface area contributed by atoms with E-state index >= 15 is 0 Å². The summed E-state index contributed by atoms with van der Waals surface area (Å²) >= 11 is 0. The number of fused-ring (bicyclic) bond motifs is 1. The van der Waals surface area contributed by atoms with E-state index in [9.17, 15) is 0 Å². The molecule has 0 amide bonds. The normalized spacial score (nSPS) is 19.2. The smallest absolute Gasteiger partial charge is 0.164 e. The summed E-state index contributed by atoms with van der Waals surface area (Å²) in [6.07, 6.45) is 19.3. The Morgan fingerprint density at radius 1 is 0.574 bits per heavy atom. The molecule has 0 saturated carbocycles. The monoisotopic (exact) mass is 700 g/mol. The van der Waals surface area contributed by atoms with Gasteiger partial charge in [-0.2, -0.15) is 0 Å². The van der Waals surface area contributed by atoms with Crippen molar-refractivity contribution in [1.29, 1.82) is 0 Å². The van der Waals surface area contributed by atoms with Crippen molar-refractivity contribution in [3.8, 4) is 34.2 Å². The summed E-state index contributed by atoms with van der Waals surface area (Å²) in [4.78, 5) is 17.7. The third-order valence-electron chi connectivity index (χ3n) is 11.4. The van der Waals surface area contributed by atoms with Gasteiger partial charge in [-0.25, -0.2) is 15.0 Å². The van der Waals surface area contributed by atoms with E-state index in [0.717, 1.165) is 48.8 Å². The summed E-state index contributed by atoms with van der Waals surface area (Å²) in [5.74, 6) is 2.02. The molecule has 5 aromatic carbocycles. The molecule has 0 bridgehead atoms. The summed E-state index contributed by atoms with van der Waals surface area (Å²) < 4.78 is 0. The minimum atomic E-state index is 0.0707. The predicted molar refractivity (Wildman–Crippen MR) is 222 cm³/mol. The highest BCUT2D eigenvalue weighted by atomic mass is 15.1. The molecule has 54 heavy (non-hydrogen) atoms. The first-order valence-corrected chi connectivity index (χ1v) is 19.2. The van der Waals surface area contributed by atoms with Crippen molar-refractivity contribution in [2.75, 3.05) is 7.05 Å². The maximum absolute atomic E-state index is 5.11. The zero-order valence-corrected chi connectivity index (χ0v) is 31.0. The van der Waals surface area contributed by atoms with E-state index in [1.807, 2.05) is 0 Å². The fraction of sp³-hybridized carbons (Fsp3) is 0.180. The quantitative estimate of drug-likeness (QED) is 0.156. The molecule has 2 atom stereocenters. The Morgan fingerprint density at radius 2 is 1.19 bits per heavy atom. The molecule has 6 aromatic rings. The molecular weight excluding hydrogens is 657 g/mol. The summed E-state index contributed by atoms with van der Waals surface area (Å²) in [5.41, 5.74) is 10.6. The van der Waals surface area contributed by atoms with Gasteiger partial charge in [0.15, 0.2) is 17.5 Å². The fourth-order valence-electron chi connectivity index (χ4n) is 8.22. The zero-order valence-electron chi connectivity index (χ0n) is 31.0. The van der Waals surface area contributed by atoms with Crippen molar-refractivity contribution >= 4 is 17.3 Å². The maximum Gasteiger partial charge on any atom is 0.164 e. The van der Waals surface area contributed by atoms with Gasteiger partial charge in [0.1, 0.15) is 0 Å².